The van der Waals surface area contributed by atoms with E-state index < -0.39 is 0 Å². The normalized spacial score (nSPS) is 12.1. The van der Waals surface area contributed by atoms with E-state index in [-0.39, 0.29) is 6.71 Å². The lowest BCUT2D eigenvalue weighted by molar-refractivity contribution is 1.16. The molecule has 7 heteroatoms. The second-order valence-corrected chi connectivity index (χ2v) is 24.8. The first-order valence-corrected chi connectivity index (χ1v) is 32.6. The van der Waals surface area contributed by atoms with Crippen LogP contribution in [0.3, 0.4) is 0 Å². The van der Waals surface area contributed by atoms with Crippen LogP contribution in [0.15, 0.2) is 346 Å². The molecule has 0 saturated heterocycles. The van der Waals surface area contributed by atoms with Gasteiger partial charge in [-0.05, 0) is 163 Å². The Morgan fingerprint density at radius 1 is 0.271 bits per heavy atom. The zero-order chi connectivity index (χ0) is 63.6. The lowest BCUT2D eigenvalue weighted by Crippen LogP contribution is -2.61. The summed E-state index contributed by atoms with van der Waals surface area (Å²) in [5.41, 5.74) is 29.6. The summed E-state index contributed by atoms with van der Waals surface area (Å²) in [6, 6.07) is 124. The van der Waals surface area contributed by atoms with Crippen molar-refractivity contribution in [2.45, 2.75) is 0 Å². The van der Waals surface area contributed by atoms with Gasteiger partial charge in [-0.25, -0.2) is 14.8 Å². The van der Waals surface area contributed by atoms with Gasteiger partial charge in [0.2, 0.25) is 0 Å². The minimum atomic E-state index is -0.159. The zero-order valence-electron chi connectivity index (χ0n) is 52.2. The van der Waals surface area contributed by atoms with Crippen molar-refractivity contribution in [3.63, 3.8) is 0 Å². The van der Waals surface area contributed by atoms with E-state index in [1.807, 2.05) is 48.5 Å². The van der Waals surface area contributed by atoms with Gasteiger partial charge >= 0.3 is 0 Å². The van der Waals surface area contributed by atoms with Crippen molar-refractivity contribution in [1.29, 1.82) is 0 Å². The molecule has 0 saturated carbocycles. The molecule has 2 aromatic heterocycles. The molecule has 0 radical (unpaired) electrons. The summed E-state index contributed by atoms with van der Waals surface area (Å²) in [5, 5.41) is 2.19. The molecule has 2 aliphatic heterocycles. The fourth-order valence-electron chi connectivity index (χ4n) is 14.7. The number of rotatable bonds is 11. The fourth-order valence-corrected chi connectivity index (χ4v) is 14.7. The molecule has 96 heavy (non-hydrogen) atoms. The number of anilines is 6. The minimum absolute atomic E-state index is 0.159. The van der Waals surface area contributed by atoms with Gasteiger partial charge in [0.15, 0.2) is 11.5 Å². The SMILES string of the molecule is [C-]#[N+]c1cc(-c2nc(-c3ccccc3)cc(-c3ccccc3)n2)cc(-n2c3ccccc3c3cc(-c4cc5c6c(c4)N(c4ccc(-c7ccccc7)cc4)c4ccc(-c7ccccc7)cc4B6c4cc(-c6ccccc6)ccc4N5c4ccc(-c5ccccc5)cc4)ccc32)c1. The van der Waals surface area contributed by atoms with Crippen molar-refractivity contribution >= 4 is 84.7 Å². The smallest absolute Gasteiger partial charge is 0.252 e. The van der Waals surface area contributed by atoms with Gasteiger partial charge in [0.1, 0.15) is 0 Å². The summed E-state index contributed by atoms with van der Waals surface area (Å²) in [7, 11) is 0. The Bertz CT molecular complexity index is 5440. The molecule has 0 bridgehead atoms. The molecule has 16 aromatic rings. The van der Waals surface area contributed by atoms with Crippen LogP contribution in [0.5, 0.6) is 0 Å². The van der Waals surface area contributed by atoms with Gasteiger partial charge in [0.05, 0.1) is 29.0 Å². The largest absolute Gasteiger partial charge is 0.311 e. The first-order chi connectivity index (χ1) is 47.5. The van der Waals surface area contributed by atoms with Crippen LogP contribution in [0.25, 0.3) is 122 Å². The zero-order valence-corrected chi connectivity index (χ0v) is 52.2. The van der Waals surface area contributed by atoms with Crippen LogP contribution < -0.4 is 26.2 Å². The van der Waals surface area contributed by atoms with E-state index in [4.69, 9.17) is 16.5 Å². The summed E-state index contributed by atoms with van der Waals surface area (Å²) in [6.07, 6.45) is 0. The summed E-state index contributed by atoms with van der Waals surface area (Å²) in [5.74, 6) is 0.546. The van der Waals surface area contributed by atoms with E-state index in [2.05, 4.69) is 316 Å². The van der Waals surface area contributed by atoms with Crippen LogP contribution in [0.2, 0.25) is 0 Å². The molecule has 14 aromatic carbocycles. The van der Waals surface area contributed by atoms with Gasteiger partial charge in [-0.2, -0.15) is 0 Å². The van der Waals surface area contributed by atoms with Crippen molar-refractivity contribution in [2.75, 3.05) is 9.80 Å². The average Bonchev–Trinajstić information content (AvgIpc) is 0.756. The quantitative estimate of drug-likeness (QED) is 0.0956. The number of hydrogen-bond acceptors (Lipinski definition) is 4. The van der Waals surface area contributed by atoms with Crippen molar-refractivity contribution in [3.05, 3.63) is 357 Å². The van der Waals surface area contributed by atoms with Crippen molar-refractivity contribution in [3.8, 4) is 95.2 Å². The van der Waals surface area contributed by atoms with Gasteiger partial charge in [-0.3, -0.25) is 0 Å². The number of nitrogens with zero attached hydrogens (tertiary/aromatic N) is 6. The highest BCUT2D eigenvalue weighted by atomic mass is 15.2. The maximum atomic E-state index is 8.51. The Morgan fingerprint density at radius 2 is 0.667 bits per heavy atom. The first kappa shape index (κ1) is 55.9. The highest BCUT2D eigenvalue weighted by Gasteiger charge is 2.44. The number of fused-ring (bicyclic) bond motifs is 7. The van der Waals surface area contributed by atoms with Gasteiger partial charge in [-0.1, -0.05) is 255 Å². The van der Waals surface area contributed by atoms with E-state index in [9.17, 15) is 0 Å². The highest BCUT2D eigenvalue weighted by molar-refractivity contribution is 7.00. The Hall–Kier alpha value is -12.9. The fraction of sp³-hybridized carbons (Fsp3) is 0. The molecule has 6 nitrogen and oxygen atoms in total. The lowest BCUT2D eigenvalue weighted by Gasteiger charge is -2.44. The third kappa shape index (κ3) is 9.75. The van der Waals surface area contributed by atoms with E-state index in [1.165, 1.54) is 49.8 Å². The standard InChI is InChI=1S/C89H57BN6/c1-91-72-50-71(89-92-80(65-30-16-6-17-31-65)58-81(93-89)66-32-18-7-19-33-66)51-75(57-72)96-82-35-21-20-34-76(82)77-52-67(40-47-83(77)96)70-55-86-88-87(56-70)95(74-45-38-64(39-46-74)60-24-10-3-11-25-60)85-49-42-69(62-28-14-5-15-29-62)54-79(85)90(88)78-53-68(61-26-12-4-13-27-61)41-48-84(78)94(86)73-43-36-63(37-44-73)59-22-8-2-9-23-59/h2-58H. The molecule has 18 rings (SSSR count). The van der Waals surface area contributed by atoms with E-state index in [0.29, 0.717) is 11.5 Å². The number of hydrogen-bond donors (Lipinski definition) is 0. The Labute approximate surface area is 558 Å². The molecule has 0 aliphatic carbocycles. The Balaban J connectivity index is 0.865. The van der Waals surface area contributed by atoms with E-state index in [1.54, 1.807) is 0 Å². The molecular weight excluding hydrogens is 1160 g/mol. The molecule has 0 N–H and O–H groups in total. The highest BCUT2D eigenvalue weighted by Crippen LogP contribution is 2.49. The number of aromatic nitrogens is 3. The van der Waals surface area contributed by atoms with Crippen LogP contribution in [0.1, 0.15) is 0 Å². The molecular formula is C89H57BN6. The summed E-state index contributed by atoms with van der Waals surface area (Å²) < 4.78 is 2.30. The summed E-state index contributed by atoms with van der Waals surface area (Å²) in [6.45, 7) is 8.35. The second kappa shape index (κ2) is 23.3. The first-order valence-electron chi connectivity index (χ1n) is 32.6. The molecule has 0 unspecified atom stereocenters. The van der Waals surface area contributed by atoms with Crippen molar-refractivity contribution in [1.82, 2.24) is 14.5 Å². The van der Waals surface area contributed by atoms with E-state index >= 15 is 0 Å². The summed E-state index contributed by atoms with van der Waals surface area (Å²) >= 11 is 0. The molecule has 2 aliphatic rings. The minimum Gasteiger partial charge on any atom is -0.311 e. The predicted molar refractivity (Wildman–Crippen MR) is 400 cm³/mol. The molecule has 4 heterocycles. The predicted octanol–water partition coefficient (Wildman–Crippen LogP) is 21.5. The molecule has 0 fully saturated rings. The molecule has 0 spiro atoms. The monoisotopic (exact) mass is 1220 g/mol. The van der Waals surface area contributed by atoms with E-state index in [0.717, 1.165) is 112 Å². The number of benzene rings is 14. The lowest BCUT2D eigenvalue weighted by atomic mass is 9.33. The van der Waals surface area contributed by atoms with Gasteiger partial charge < -0.3 is 14.4 Å². The van der Waals surface area contributed by atoms with Gasteiger partial charge in [-0.15, -0.1) is 0 Å². The van der Waals surface area contributed by atoms with Crippen LogP contribution in [-0.4, -0.2) is 21.2 Å². The van der Waals surface area contributed by atoms with Gasteiger partial charge in [0.25, 0.3) is 6.71 Å². The second-order valence-electron chi connectivity index (χ2n) is 24.8. The van der Waals surface area contributed by atoms with Crippen LogP contribution in [0.4, 0.5) is 39.8 Å². The average molecular weight is 1220 g/mol. The maximum absolute atomic E-state index is 8.51. The Kier molecular flexibility index (Phi) is 13.6. The Morgan fingerprint density at radius 3 is 1.15 bits per heavy atom. The van der Waals surface area contributed by atoms with Gasteiger partial charge in [0, 0.05) is 67.3 Å². The topological polar surface area (TPSA) is 41.6 Å². The number of para-hydroxylation sites is 1. The van der Waals surface area contributed by atoms with Crippen molar-refractivity contribution in [2.24, 2.45) is 0 Å². The van der Waals surface area contributed by atoms with Crippen LogP contribution in [0, 0.1) is 6.57 Å². The summed E-state index contributed by atoms with van der Waals surface area (Å²) in [4.78, 5) is 19.6. The molecule has 446 valence electrons. The third-order valence-electron chi connectivity index (χ3n) is 19.2. The molecule has 0 atom stereocenters. The van der Waals surface area contributed by atoms with Crippen LogP contribution >= 0.6 is 0 Å². The molecule has 0 amide bonds. The van der Waals surface area contributed by atoms with Crippen molar-refractivity contribution < 1.29 is 0 Å². The van der Waals surface area contributed by atoms with Crippen LogP contribution in [-0.2, 0) is 0 Å². The third-order valence-corrected chi connectivity index (χ3v) is 19.2. The maximum Gasteiger partial charge on any atom is 0.252 e.